The van der Waals surface area contributed by atoms with E-state index < -0.39 is 0 Å². The smallest absolute Gasteiger partial charge is 0.214 e. The minimum atomic E-state index is 0.0636. The van der Waals surface area contributed by atoms with Gasteiger partial charge in [-0.25, -0.2) is 0 Å². The topological polar surface area (TPSA) is 75.2 Å². The maximum Gasteiger partial charge on any atom is 0.214 e. The third-order valence-corrected chi connectivity index (χ3v) is 2.83. The molecular weight excluding hydrogens is 240 g/mol. The fourth-order valence-electron chi connectivity index (χ4n) is 1.70. The molecule has 1 aromatic carbocycles. The van der Waals surface area contributed by atoms with Crippen molar-refractivity contribution in [2.24, 2.45) is 5.73 Å². The largest absolute Gasteiger partial charge is 0.481 e. The van der Waals surface area contributed by atoms with E-state index in [0.29, 0.717) is 11.4 Å². The van der Waals surface area contributed by atoms with Gasteiger partial charge in [-0.3, -0.25) is 5.41 Å². The number of benzene rings is 1. The summed E-state index contributed by atoms with van der Waals surface area (Å²) >= 11 is 0. The Bertz CT molecular complexity index is 580. The van der Waals surface area contributed by atoms with E-state index in [2.05, 4.69) is 4.98 Å². The molecule has 0 amide bonds. The zero-order valence-corrected chi connectivity index (χ0v) is 10.9. The summed E-state index contributed by atoms with van der Waals surface area (Å²) in [6, 6.07) is 13.0. The number of amidine groups is 1. The summed E-state index contributed by atoms with van der Waals surface area (Å²) in [7, 11) is 3.51. The summed E-state index contributed by atoms with van der Waals surface area (Å²) in [6.45, 7) is 0. The van der Waals surface area contributed by atoms with E-state index in [1.54, 1.807) is 13.2 Å². The van der Waals surface area contributed by atoms with Crippen molar-refractivity contribution in [1.29, 1.82) is 5.41 Å². The zero-order chi connectivity index (χ0) is 13.8. The molecule has 2 aromatic rings. The molecule has 0 atom stereocenters. The Balaban J connectivity index is 2.27. The highest BCUT2D eigenvalue weighted by Gasteiger charge is 2.06. The van der Waals surface area contributed by atoms with Gasteiger partial charge in [0.1, 0.15) is 11.7 Å². The van der Waals surface area contributed by atoms with E-state index in [0.717, 1.165) is 11.5 Å². The van der Waals surface area contributed by atoms with E-state index in [1.807, 2.05) is 48.3 Å². The van der Waals surface area contributed by atoms with Crippen molar-refractivity contribution in [3.05, 3.63) is 48.0 Å². The molecule has 0 bridgehead atoms. The highest BCUT2D eigenvalue weighted by Crippen LogP contribution is 2.23. The summed E-state index contributed by atoms with van der Waals surface area (Å²) in [5.41, 5.74) is 7.10. The molecule has 0 unspecified atom stereocenters. The van der Waals surface area contributed by atoms with E-state index in [-0.39, 0.29) is 5.84 Å². The van der Waals surface area contributed by atoms with Crippen LogP contribution in [0.2, 0.25) is 0 Å². The number of methoxy groups -OCH3 is 1. The SMILES string of the molecule is COc1cccc(N(C)c2ccc(C(=N)N)cc2)n1. The fourth-order valence-corrected chi connectivity index (χ4v) is 1.70. The van der Waals surface area contributed by atoms with Gasteiger partial charge in [0.2, 0.25) is 5.88 Å². The number of pyridine rings is 1. The van der Waals surface area contributed by atoms with Crippen LogP contribution in [0.1, 0.15) is 5.56 Å². The molecule has 0 saturated heterocycles. The summed E-state index contributed by atoms with van der Waals surface area (Å²) in [5, 5.41) is 7.37. The van der Waals surface area contributed by atoms with Gasteiger partial charge in [0.15, 0.2) is 0 Å². The van der Waals surface area contributed by atoms with Crippen LogP contribution in [0.5, 0.6) is 5.88 Å². The van der Waals surface area contributed by atoms with Gasteiger partial charge in [0.25, 0.3) is 0 Å². The number of nitrogens with one attached hydrogen (secondary N) is 1. The van der Waals surface area contributed by atoms with Crippen molar-refractivity contribution >= 4 is 17.3 Å². The second-order valence-corrected chi connectivity index (χ2v) is 4.06. The Labute approximate surface area is 112 Å². The predicted octanol–water partition coefficient (Wildman–Crippen LogP) is 2.14. The highest BCUT2D eigenvalue weighted by molar-refractivity contribution is 5.95. The van der Waals surface area contributed by atoms with Crippen molar-refractivity contribution in [2.75, 3.05) is 19.1 Å². The Kier molecular flexibility index (Phi) is 3.66. The normalized spacial score (nSPS) is 10.0. The first-order valence-corrected chi connectivity index (χ1v) is 5.81. The van der Waals surface area contributed by atoms with Crippen LogP contribution in [0.3, 0.4) is 0 Å². The molecule has 0 fully saturated rings. The number of nitrogen functional groups attached to an aromatic ring is 1. The van der Waals surface area contributed by atoms with Crippen molar-refractivity contribution < 1.29 is 4.74 Å². The predicted molar refractivity (Wildman–Crippen MR) is 76.3 cm³/mol. The molecule has 98 valence electrons. The van der Waals surface area contributed by atoms with Gasteiger partial charge in [-0.1, -0.05) is 6.07 Å². The van der Waals surface area contributed by atoms with Gasteiger partial charge in [-0.2, -0.15) is 4.98 Å². The number of nitrogens with two attached hydrogens (primary N) is 1. The van der Waals surface area contributed by atoms with Crippen LogP contribution >= 0.6 is 0 Å². The summed E-state index contributed by atoms with van der Waals surface area (Å²) in [4.78, 5) is 6.30. The lowest BCUT2D eigenvalue weighted by molar-refractivity contribution is 0.398. The molecule has 0 aliphatic carbocycles. The van der Waals surface area contributed by atoms with E-state index in [4.69, 9.17) is 15.9 Å². The molecule has 0 aliphatic heterocycles. The summed E-state index contributed by atoms with van der Waals surface area (Å²) in [6.07, 6.45) is 0. The molecule has 0 saturated carbocycles. The quantitative estimate of drug-likeness (QED) is 0.649. The van der Waals surface area contributed by atoms with Crippen molar-refractivity contribution in [2.45, 2.75) is 0 Å². The van der Waals surface area contributed by atoms with Crippen molar-refractivity contribution in [3.8, 4) is 5.88 Å². The second kappa shape index (κ2) is 5.39. The van der Waals surface area contributed by atoms with Gasteiger partial charge in [0, 0.05) is 24.4 Å². The zero-order valence-electron chi connectivity index (χ0n) is 10.9. The van der Waals surface area contributed by atoms with Gasteiger partial charge in [-0.05, 0) is 30.3 Å². The molecule has 3 N–H and O–H groups in total. The molecule has 19 heavy (non-hydrogen) atoms. The average Bonchev–Trinajstić information content (AvgIpc) is 2.46. The van der Waals surface area contributed by atoms with Gasteiger partial charge >= 0.3 is 0 Å². The molecule has 0 aliphatic rings. The van der Waals surface area contributed by atoms with Gasteiger partial charge in [0.05, 0.1) is 7.11 Å². The molecular formula is C14H16N4O. The maximum atomic E-state index is 7.37. The van der Waals surface area contributed by atoms with Crippen molar-refractivity contribution in [1.82, 2.24) is 4.98 Å². The number of hydrogen-bond donors (Lipinski definition) is 2. The monoisotopic (exact) mass is 256 g/mol. The third-order valence-electron chi connectivity index (χ3n) is 2.83. The third kappa shape index (κ3) is 2.82. The fraction of sp³-hybridized carbons (Fsp3) is 0.143. The Morgan fingerprint density at radius 3 is 2.47 bits per heavy atom. The Morgan fingerprint density at radius 1 is 1.21 bits per heavy atom. The molecule has 0 radical (unpaired) electrons. The lowest BCUT2D eigenvalue weighted by atomic mass is 10.2. The number of aromatic nitrogens is 1. The van der Waals surface area contributed by atoms with E-state index in [9.17, 15) is 0 Å². The minimum Gasteiger partial charge on any atom is -0.481 e. The Morgan fingerprint density at radius 2 is 1.89 bits per heavy atom. The number of ether oxygens (including phenoxy) is 1. The van der Waals surface area contributed by atoms with Crippen molar-refractivity contribution in [3.63, 3.8) is 0 Å². The molecule has 5 heteroatoms. The van der Waals surface area contributed by atoms with Gasteiger partial charge < -0.3 is 15.4 Å². The minimum absolute atomic E-state index is 0.0636. The second-order valence-electron chi connectivity index (χ2n) is 4.06. The van der Waals surface area contributed by atoms with Crippen LogP contribution in [-0.4, -0.2) is 25.0 Å². The van der Waals surface area contributed by atoms with Crippen LogP contribution in [0.25, 0.3) is 0 Å². The highest BCUT2D eigenvalue weighted by atomic mass is 16.5. The van der Waals surface area contributed by atoms with Crippen LogP contribution in [0.4, 0.5) is 11.5 Å². The number of nitrogens with zero attached hydrogens (tertiary/aromatic N) is 2. The van der Waals surface area contributed by atoms with Gasteiger partial charge in [-0.15, -0.1) is 0 Å². The van der Waals surface area contributed by atoms with Crippen LogP contribution in [0, 0.1) is 5.41 Å². The molecule has 2 rings (SSSR count). The lowest BCUT2D eigenvalue weighted by Crippen LogP contribution is -2.13. The first kappa shape index (κ1) is 12.9. The molecule has 0 spiro atoms. The van der Waals surface area contributed by atoms with E-state index in [1.165, 1.54) is 0 Å². The Hall–Kier alpha value is -2.56. The molecule has 1 aromatic heterocycles. The van der Waals surface area contributed by atoms with Crippen LogP contribution < -0.4 is 15.4 Å². The lowest BCUT2D eigenvalue weighted by Gasteiger charge is -2.19. The summed E-state index contributed by atoms with van der Waals surface area (Å²) in [5.74, 6) is 1.42. The molecule has 1 heterocycles. The van der Waals surface area contributed by atoms with Crippen LogP contribution in [0.15, 0.2) is 42.5 Å². The average molecular weight is 256 g/mol. The van der Waals surface area contributed by atoms with E-state index >= 15 is 0 Å². The first-order valence-electron chi connectivity index (χ1n) is 5.81. The number of rotatable bonds is 4. The maximum absolute atomic E-state index is 7.37. The standard InChI is InChI=1S/C14H16N4O/c1-18(12-4-3-5-13(17-12)19-2)11-8-6-10(7-9-11)14(15)16/h3-9H,1-2H3,(H3,15,16). The first-order chi connectivity index (χ1) is 9.11. The van der Waals surface area contributed by atoms with Crippen LogP contribution in [-0.2, 0) is 0 Å². The number of anilines is 2. The molecule has 5 nitrogen and oxygen atoms in total. The number of hydrogen-bond acceptors (Lipinski definition) is 4. The summed E-state index contributed by atoms with van der Waals surface area (Å²) < 4.78 is 5.11.